The number of fused-ring (bicyclic) bond motifs is 2. The lowest BCUT2D eigenvalue weighted by molar-refractivity contribution is 0.915. The Morgan fingerprint density at radius 3 is 2.71 bits per heavy atom. The molecule has 0 unspecified atom stereocenters. The highest BCUT2D eigenvalue weighted by molar-refractivity contribution is 7.20. The van der Waals surface area contributed by atoms with Crippen molar-refractivity contribution in [3.8, 4) is 0 Å². The maximum atomic E-state index is 12.4. The van der Waals surface area contributed by atoms with Gasteiger partial charge in [0.25, 0.3) is 5.56 Å². The number of hydrogen-bond donors (Lipinski definition) is 0. The molecule has 0 N–H and O–H groups in total. The van der Waals surface area contributed by atoms with E-state index in [1.807, 2.05) is 60.7 Å². The Kier molecular flexibility index (Phi) is 3.72. The van der Waals surface area contributed by atoms with Crippen molar-refractivity contribution in [1.82, 2.24) is 14.6 Å². The van der Waals surface area contributed by atoms with Crippen molar-refractivity contribution in [2.24, 2.45) is 4.99 Å². The van der Waals surface area contributed by atoms with Crippen LogP contribution in [-0.2, 0) is 0 Å². The van der Waals surface area contributed by atoms with Gasteiger partial charge in [0.1, 0.15) is 0 Å². The Balaban J connectivity index is 1.67. The lowest BCUT2D eigenvalue weighted by Crippen LogP contribution is -2.14. The molecule has 0 aliphatic heterocycles. The van der Waals surface area contributed by atoms with Gasteiger partial charge in [0.15, 0.2) is 0 Å². The smallest absolute Gasteiger partial charge is 0.267 e. The fraction of sp³-hybridized carbons (Fsp3) is 0. The van der Waals surface area contributed by atoms with Crippen molar-refractivity contribution >= 4 is 44.6 Å². The van der Waals surface area contributed by atoms with E-state index >= 15 is 0 Å². The summed E-state index contributed by atoms with van der Waals surface area (Å²) in [6.07, 6.45) is 5.46. The maximum Gasteiger partial charge on any atom is 0.283 e. The van der Waals surface area contributed by atoms with Crippen molar-refractivity contribution in [2.75, 3.05) is 0 Å². The summed E-state index contributed by atoms with van der Waals surface area (Å²) in [7, 11) is 0. The second kappa shape index (κ2) is 6.17. The van der Waals surface area contributed by atoms with E-state index in [0.717, 1.165) is 5.56 Å². The quantitative estimate of drug-likeness (QED) is 0.537. The second-order valence-corrected chi connectivity index (χ2v) is 6.00. The van der Waals surface area contributed by atoms with Crippen LogP contribution in [0.1, 0.15) is 5.56 Å². The van der Waals surface area contributed by atoms with Crippen LogP contribution in [0.15, 0.2) is 70.5 Å². The van der Waals surface area contributed by atoms with Gasteiger partial charge < -0.3 is 0 Å². The summed E-state index contributed by atoms with van der Waals surface area (Å²) in [5.74, 6) is 0. The van der Waals surface area contributed by atoms with E-state index in [1.165, 1.54) is 15.9 Å². The molecule has 5 nitrogen and oxygen atoms in total. The van der Waals surface area contributed by atoms with Crippen LogP contribution in [0.25, 0.3) is 21.9 Å². The lowest BCUT2D eigenvalue weighted by atomic mass is 10.2. The van der Waals surface area contributed by atoms with Crippen molar-refractivity contribution in [2.45, 2.75) is 0 Å². The van der Waals surface area contributed by atoms with Gasteiger partial charge in [0.2, 0.25) is 10.1 Å². The minimum atomic E-state index is -0.173. The van der Waals surface area contributed by atoms with Crippen molar-refractivity contribution in [3.63, 3.8) is 0 Å². The standard InChI is InChI=1S/C18H12N4OS/c23-16-14-10-4-5-11-15(14)20-18-22(16)21-17(24-18)19-12-6-9-13-7-2-1-3-8-13/h1-12H/b9-6+,19-12+. The number of aliphatic imine (C=N–C) groups is 1. The number of hydrogen-bond acceptors (Lipinski definition) is 5. The number of rotatable bonds is 3. The van der Waals surface area contributed by atoms with Gasteiger partial charge in [-0.3, -0.25) is 4.79 Å². The molecule has 24 heavy (non-hydrogen) atoms. The minimum Gasteiger partial charge on any atom is -0.267 e. The first-order chi connectivity index (χ1) is 11.8. The summed E-state index contributed by atoms with van der Waals surface area (Å²) < 4.78 is 1.31. The molecule has 6 heteroatoms. The zero-order chi connectivity index (χ0) is 16.4. The van der Waals surface area contributed by atoms with E-state index < -0.39 is 0 Å². The first-order valence-electron chi connectivity index (χ1n) is 7.36. The minimum absolute atomic E-state index is 0.173. The maximum absolute atomic E-state index is 12.4. The molecule has 2 aromatic carbocycles. The number of allylic oxidation sites excluding steroid dienone is 1. The van der Waals surface area contributed by atoms with E-state index in [2.05, 4.69) is 15.1 Å². The molecule has 2 aromatic heterocycles. The fourth-order valence-corrected chi connectivity index (χ4v) is 3.08. The molecule has 0 saturated carbocycles. The summed E-state index contributed by atoms with van der Waals surface area (Å²) in [6.45, 7) is 0. The molecule has 0 aliphatic carbocycles. The van der Waals surface area contributed by atoms with Gasteiger partial charge in [0, 0.05) is 6.21 Å². The Bertz CT molecular complexity index is 1130. The van der Waals surface area contributed by atoms with Crippen LogP contribution >= 0.6 is 11.3 Å². The SMILES string of the molecule is O=c1c2ccccc2nc2sc(/N=C/C=C/c3ccccc3)nn12. The van der Waals surface area contributed by atoms with E-state index in [-0.39, 0.29) is 5.56 Å². The molecule has 116 valence electrons. The Morgan fingerprint density at radius 1 is 1.04 bits per heavy atom. The van der Waals surface area contributed by atoms with Gasteiger partial charge in [-0.2, -0.15) is 4.52 Å². The van der Waals surface area contributed by atoms with Gasteiger partial charge in [0.05, 0.1) is 10.9 Å². The Labute approximate surface area is 141 Å². The van der Waals surface area contributed by atoms with Gasteiger partial charge in [-0.1, -0.05) is 59.9 Å². The lowest BCUT2D eigenvalue weighted by Gasteiger charge is -1.95. The van der Waals surface area contributed by atoms with Gasteiger partial charge in [-0.15, -0.1) is 5.10 Å². The van der Waals surface area contributed by atoms with Gasteiger partial charge in [-0.25, -0.2) is 9.98 Å². The molecule has 0 spiro atoms. The zero-order valence-electron chi connectivity index (χ0n) is 12.5. The third-order valence-corrected chi connectivity index (χ3v) is 4.27. The highest BCUT2D eigenvalue weighted by Gasteiger charge is 2.09. The molecule has 0 amide bonds. The predicted octanol–water partition coefficient (Wildman–Crippen LogP) is 3.72. The summed E-state index contributed by atoms with van der Waals surface area (Å²) in [6, 6.07) is 17.2. The van der Waals surface area contributed by atoms with Crippen molar-refractivity contribution in [3.05, 3.63) is 76.6 Å². The third-order valence-electron chi connectivity index (χ3n) is 3.45. The van der Waals surface area contributed by atoms with Crippen LogP contribution in [0.3, 0.4) is 0 Å². The number of nitrogens with zero attached hydrogens (tertiary/aromatic N) is 4. The van der Waals surface area contributed by atoms with E-state index in [0.29, 0.717) is 21.0 Å². The molecule has 0 fully saturated rings. The van der Waals surface area contributed by atoms with E-state index in [4.69, 9.17) is 0 Å². The molecule has 0 radical (unpaired) electrons. The highest BCUT2D eigenvalue weighted by Crippen LogP contribution is 2.20. The fourth-order valence-electron chi connectivity index (χ4n) is 2.32. The average molecular weight is 332 g/mol. The molecule has 0 aliphatic rings. The summed E-state index contributed by atoms with van der Waals surface area (Å²) in [5, 5.41) is 5.28. The first kappa shape index (κ1) is 14.5. The summed E-state index contributed by atoms with van der Waals surface area (Å²) in [4.78, 5) is 21.7. The molecule has 0 saturated heterocycles. The number of aromatic nitrogens is 3. The van der Waals surface area contributed by atoms with Crippen LogP contribution in [0.4, 0.5) is 5.13 Å². The largest absolute Gasteiger partial charge is 0.283 e. The molecule has 4 aromatic rings. The van der Waals surface area contributed by atoms with Gasteiger partial charge >= 0.3 is 0 Å². The van der Waals surface area contributed by atoms with Crippen LogP contribution < -0.4 is 5.56 Å². The molecular formula is C18H12N4OS. The number of benzene rings is 2. The van der Waals surface area contributed by atoms with Crippen LogP contribution in [-0.4, -0.2) is 20.8 Å². The topological polar surface area (TPSA) is 59.6 Å². The average Bonchev–Trinajstić information content (AvgIpc) is 3.03. The normalized spacial score (nSPS) is 12.0. The van der Waals surface area contributed by atoms with Gasteiger partial charge in [-0.05, 0) is 23.8 Å². The monoisotopic (exact) mass is 332 g/mol. The molecule has 2 heterocycles. The molecule has 4 rings (SSSR count). The van der Waals surface area contributed by atoms with E-state index in [9.17, 15) is 4.79 Å². The number of para-hydroxylation sites is 1. The summed E-state index contributed by atoms with van der Waals surface area (Å²) in [5.41, 5.74) is 1.59. The van der Waals surface area contributed by atoms with Crippen molar-refractivity contribution in [1.29, 1.82) is 0 Å². The molecule has 0 bridgehead atoms. The predicted molar refractivity (Wildman–Crippen MR) is 98.3 cm³/mol. The highest BCUT2D eigenvalue weighted by atomic mass is 32.1. The van der Waals surface area contributed by atoms with E-state index in [1.54, 1.807) is 12.3 Å². The third kappa shape index (κ3) is 2.75. The summed E-state index contributed by atoms with van der Waals surface area (Å²) >= 11 is 1.28. The Hall–Kier alpha value is -3.12. The molecular weight excluding hydrogens is 320 g/mol. The first-order valence-corrected chi connectivity index (χ1v) is 8.17. The van der Waals surface area contributed by atoms with Crippen LogP contribution in [0, 0.1) is 0 Å². The van der Waals surface area contributed by atoms with Crippen LogP contribution in [0.2, 0.25) is 0 Å². The second-order valence-electron chi connectivity index (χ2n) is 5.06. The van der Waals surface area contributed by atoms with Crippen LogP contribution in [0.5, 0.6) is 0 Å². The molecule has 0 atom stereocenters. The zero-order valence-corrected chi connectivity index (χ0v) is 13.4. The Morgan fingerprint density at radius 2 is 1.83 bits per heavy atom. The van der Waals surface area contributed by atoms with Crippen molar-refractivity contribution < 1.29 is 0 Å².